The summed E-state index contributed by atoms with van der Waals surface area (Å²) in [7, 11) is -1.39. The smallest absolute Gasteiger partial charge is 0.154 e. The lowest BCUT2D eigenvalue weighted by Crippen LogP contribution is -2.43. The molecule has 0 amide bonds. The molecule has 17 heavy (non-hydrogen) atoms. The van der Waals surface area contributed by atoms with Crippen molar-refractivity contribution in [2.45, 2.75) is 38.1 Å². The average Bonchev–Trinajstić information content (AvgIpc) is 2.65. The van der Waals surface area contributed by atoms with Gasteiger partial charge in [-0.3, -0.25) is 4.68 Å². The van der Waals surface area contributed by atoms with E-state index in [0.29, 0.717) is 0 Å². The summed E-state index contributed by atoms with van der Waals surface area (Å²) in [6.45, 7) is 6.22. The molecule has 0 aliphatic heterocycles. The zero-order chi connectivity index (χ0) is 13.3. The predicted octanol–water partition coefficient (Wildman–Crippen LogP) is 0.987. The number of nitrogens with zero attached hydrogens (tertiary/aromatic N) is 2. The molecule has 0 saturated carbocycles. The Hall–Kier alpha value is -0.880. The van der Waals surface area contributed by atoms with E-state index < -0.39 is 14.6 Å². The van der Waals surface area contributed by atoms with Crippen molar-refractivity contribution in [2.75, 3.05) is 13.3 Å². The Balaban J connectivity index is 3.16. The van der Waals surface area contributed by atoms with Crippen LogP contribution in [0.4, 0.5) is 0 Å². The van der Waals surface area contributed by atoms with Gasteiger partial charge < -0.3 is 5.32 Å². The highest BCUT2D eigenvalue weighted by molar-refractivity contribution is 7.92. The molecule has 1 atom stereocenters. The van der Waals surface area contributed by atoms with Crippen LogP contribution in [0.2, 0.25) is 0 Å². The Labute approximate surface area is 103 Å². The van der Waals surface area contributed by atoms with Crippen LogP contribution in [0.15, 0.2) is 12.4 Å². The zero-order valence-corrected chi connectivity index (χ0v) is 11.9. The van der Waals surface area contributed by atoms with Crippen LogP contribution in [0.25, 0.3) is 0 Å². The first-order chi connectivity index (χ1) is 7.74. The second-order valence-electron chi connectivity index (χ2n) is 4.73. The lowest BCUT2D eigenvalue weighted by atomic mass is 9.98. The van der Waals surface area contributed by atoms with Gasteiger partial charge in [-0.25, -0.2) is 8.42 Å². The van der Waals surface area contributed by atoms with E-state index in [-0.39, 0.29) is 6.04 Å². The molecule has 0 fully saturated rings. The maximum Gasteiger partial charge on any atom is 0.154 e. The van der Waals surface area contributed by atoms with Crippen molar-refractivity contribution in [3.05, 3.63) is 18.0 Å². The Bertz CT molecular complexity index is 477. The number of hydrogen-bond acceptors (Lipinski definition) is 4. The molecule has 1 heterocycles. The third kappa shape index (κ3) is 2.69. The summed E-state index contributed by atoms with van der Waals surface area (Å²) in [4.78, 5) is 0. The lowest BCUT2D eigenvalue weighted by Gasteiger charge is -2.31. The fourth-order valence-corrected chi connectivity index (χ4v) is 2.51. The van der Waals surface area contributed by atoms with E-state index in [0.717, 1.165) is 12.1 Å². The van der Waals surface area contributed by atoms with E-state index in [2.05, 4.69) is 10.4 Å². The van der Waals surface area contributed by atoms with Gasteiger partial charge in [0.05, 0.1) is 17.0 Å². The summed E-state index contributed by atoms with van der Waals surface area (Å²) in [6, 6.07) is -0.266. The first-order valence-electron chi connectivity index (χ1n) is 5.63. The second-order valence-corrected chi connectivity index (χ2v) is 7.32. The molecule has 0 spiro atoms. The van der Waals surface area contributed by atoms with Crippen molar-refractivity contribution < 1.29 is 8.42 Å². The SMILES string of the molecule is CCn1cc(C(NC)C(C)(C)S(C)(=O)=O)cn1. The number of aromatic nitrogens is 2. The van der Waals surface area contributed by atoms with Crippen LogP contribution in [-0.2, 0) is 16.4 Å². The molecular formula is C11H21N3O2S. The molecule has 1 aromatic rings. The van der Waals surface area contributed by atoms with Crippen molar-refractivity contribution in [3.63, 3.8) is 0 Å². The Kier molecular flexibility index (Phi) is 3.99. The van der Waals surface area contributed by atoms with Gasteiger partial charge in [-0.1, -0.05) is 0 Å². The summed E-state index contributed by atoms with van der Waals surface area (Å²) in [5, 5.41) is 7.25. The molecule has 0 radical (unpaired) electrons. The van der Waals surface area contributed by atoms with Gasteiger partial charge in [0.2, 0.25) is 0 Å². The molecule has 0 aliphatic carbocycles. The highest BCUT2D eigenvalue weighted by Crippen LogP contribution is 2.31. The van der Waals surface area contributed by atoms with Crippen molar-refractivity contribution in [1.82, 2.24) is 15.1 Å². The lowest BCUT2D eigenvalue weighted by molar-refractivity contribution is 0.446. The van der Waals surface area contributed by atoms with Crippen molar-refractivity contribution in [2.24, 2.45) is 0 Å². The molecular weight excluding hydrogens is 238 g/mol. The van der Waals surface area contributed by atoms with Crippen molar-refractivity contribution in [3.8, 4) is 0 Å². The fraction of sp³-hybridized carbons (Fsp3) is 0.727. The molecule has 0 aromatic carbocycles. The standard InChI is InChI=1S/C11H21N3O2S/c1-6-14-8-9(7-13-14)10(12-4)11(2,3)17(5,15)16/h7-8,10,12H,6H2,1-5H3. The van der Waals surface area contributed by atoms with E-state index >= 15 is 0 Å². The predicted molar refractivity (Wildman–Crippen MR) is 68.6 cm³/mol. The number of aryl methyl sites for hydroxylation is 1. The summed E-state index contributed by atoms with van der Waals surface area (Å²) < 4.78 is 24.6. The van der Waals surface area contributed by atoms with E-state index in [1.54, 1.807) is 31.8 Å². The van der Waals surface area contributed by atoms with Gasteiger partial charge in [-0.2, -0.15) is 5.10 Å². The van der Waals surface area contributed by atoms with Crippen LogP contribution in [0.3, 0.4) is 0 Å². The summed E-state index contributed by atoms with van der Waals surface area (Å²) in [5.74, 6) is 0. The van der Waals surface area contributed by atoms with Crippen molar-refractivity contribution in [1.29, 1.82) is 0 Å². The highest BCUT2D eigenvalue weighted by Gasteiger charge is 2.39. The average molecular weight is 259 g/mol. The molecule has 6 heteroatoms. The van der Waals surface area contributed by atoms with E-state index in [1.807, 2.05) is 13.1 Å². The molecule has 0 bridgehead atoms. The number of rotatable bonds is 5. The van der Waals surface area contributed by atoms with Gasteiger partial charge in [-0.15, -0.1) is 0 Å². The monoisotopic (exact) mass is 259 g/mol. The zero-order valence-electron chi connectivity index (χ0n) is 11.1. The number of nitrogens with one attached hydrogen (secondary N) is 1. The van der Waals surface area contributed by atoms with Gasteiger partial charge in [-0.05, 0) is 27.8 Å². The summed E-state index contributed by atoms with van der Waals surface area (Å²) in [6.07, 6.45) is 4.87. The molecule has 5 nitrogen and oxygen atoms in total. The molecule has 1 aromatic heterocycles. The minimum Gasteiger partial charge on any atom is -0.312 e. The fourth-order valence-electron chi connectivity index (χ4n) is 1.83. The third-order valence-corrected chi connectivity index (χ3v) is 5.40. The minimum atomic E-state index is -3.16. The van der Waals surface area contributed by atoms with Crippen molar-refractivity contribution >= 4 is 9.84 Å². The second kappa shape index (κ2) is 4.78. The maximum atomic E-state index is 11.8. The van der Waals surface area contributed by atoms with Crippen LogP contribution in [0.1, 0.15) is 32.4 Å². The van der Waals surface area contributed by atoms with Gasteiger partial charge >= 0.3 is 0 Å². The van der Waals surface area contributed by atoms with Crippen LogP contribution in [0.5, 0.6) is 0 Å². The number of sulfone groups is 1. The summed E-state index contributed by atoms with van der Waals surface area (Å²) in [5.41, 5.74) is 0.893. The Morgan fingerprint density at radius 2 is 2.12 bits per heavy atom. The molecule has 0 saturated heterocycles. The van der Waals surface area contributed by atoms with Gasteiger partial charge in [0.1, 0.15) is 0 Å². The van der Waals surface area contributed by atoms with Crippen LogP contribution in [-0.4, -0.2) is 36.2 Å². The van der Waals surface area contributed by atoms with Gasteiger partial charge in [0.25, 0.3) is 0 Å². The summed E-state index contributed by atoms with van der Waals surface area (Å²) >= 11 is 0. The molecule has 1 rings (SSSR count). The maximum absolute atomic E-state index is 11.8. The normalized spacial score (nSPS) is 14.9. The van der Waals surface area contributed by atoms with Gasteiger partial charge in [0, 0.05) is 24.6 Å². The van der Waals surface area contributed by atoms with Crippen LogP contribution < -0.4 is 5.32 Å². The Morgan fingerprint density at radius 3 is 2.47 bits per heavy atom. The highest BCUT2D eigenvalue weighted by atomic mass is 32.2. The third-order valence-electron chi connectivity index (χ3n) is 3.25. The first-order valence-corrected chi connectivity index (χ1v) is 7.52. The van der Waals surface area contributed by atoms with Gasteiger partial charge in [0.15, 0.2) is 9.84 Å². The molecule has 98 valence electrons. The molecule has 1 N–H and O–H groups in total. The minimum absolute atomic E-state index is 0.266. The largest absolute Gasteiger partial charge is 0.312 e. The first kappa shape index (κ1) is 14.2. The topological polar surface area (TPSA) is 64.0 Å². The Morgan fingerprint density at radius 1 is 1.53 bits per heavy atom. The van der Waals surface area contributed by atoms with E-state index in [4.69, 9.17) is 0 Å². The van der Waals surface area contributed by atoms with E-state index in [9.17, 15) is 8.42 Å². The van der Waals surface area contributed by atoms with Crippen LogP contribution in [0, 0.1) is 0 Å². The van der Waals surface area contributed by atoms with Crippen LogP contribution >= 0.6 is 0 Å². The van der Waals surface area contributed by atoms with E-state index in [1.165, 1.54) is 6.26 Å². The molecule has 0 aliphatic rings. The number of hydrogen-bond donors (Lipinski definition) is 1. The molecule has 1 unspecified atom stereocenters. The quantitative estimate of drug-likeness (QED) is 0.856.